The normalized spacial score (nSPS) is 13.1. The van der Waals surface area contributed by atoms with Gasteiger partial charge >= 0.3 is 18.9 Å². The minimum Gasteiger partial charge on any atom is -0.493 e. The van der Waals surface area contributed by atoms with E-state index in [4.69, 9.17) is 9.47 Å². The third kappa shape index (κ3) is 6.62. The molecule has 5 heteroatoms. The van der Waals surface area contributed by atoms with Crippen molar-refractivity contribution in [3.63, 3.8) is 0 Å². The number of aryl methyl sites for hydroxylation is 2. The molecule has 0 spiro atoms. The van der Waals surface area contributed by atoms with Crippen LogP contribution in [0.25, 0.3) is 0 Å². The van der Waals surface area contributed by atoms with Gasteiger partial charge in [-0.25, -0.2) is 0 Å². The van der Waals surface area contributed by atoms with Gasteiger partial charge in [0.05, 0.1) is 18.0 Å². The van der Waals surface area contributed by atoms with Gasteiger partial charge in [0.2, 0.25) is 0 Å². The summed E-state index contributed by atoms with van der Waals surface area (Å²) in [4.78, 5) is 13.2. The molecule has 0 saturated heterocycles. The molecule has 0 fully saturated rings. The van der Waals surface area contributed by atoms with Gasteiger partial charge in [-0.2, -0.15) is 5.30 Å². The summed E-state index contributed by atoms with van der Waals surface area (Å²) >= 11 is 0. The van der Waals surface area contributed by atoms with Crippen molar-refractivity contribution in [3.8, 4) is 11.5 Å². The van der Waals surface area contributed by atoms with Crippen LogP contribution in [0.15, 0.2) is 24.3 Å². The smallest absolute Gasteiger partial charge is 0.493 e. The molecular weight excluding hydrogens is 386 g/mol. The third-order valence-electron chi connectivity index (χ3n) is 5.54. The Bertz CT molecular complexity index is 879. The number of hydrogen-bond donors (Lipinski definition) is 0. The van der Waals surface area contributed by atoms with E-state index < -0.39 is 0 Å². The van der Waals surface area contributed by atoms with Crippen LogP contribution in [0.1, 0.15) is 73.1 Å². The van der Waals surface area contributed by atoms with Gasteiger partial charge in [0, 0.05) is 11.6 Å². The van der Waals surface area contributed by atoms with Gasteiger partial charge < -0.3 is 22.8 Å². The Balaban J connectivity index is 0.00000450. The molecule has 0 heterocycles. The zero-order valence-corrected chi connectivity index (χ0v) is 20.9. The number of benzene rings is 2. The van der Waals surface area contributed by atoms with E-state index in [1.807, 2.05) is 39.0 Å². The Kier molecular flexibility index (Phi) is 10.7. The fraction of sp³-hybridized carbons (Fsp3) is 0.480. The predicted molar refractivity (Wildman–Crippen MR) is 123 cm³/mol. The maximum Gasteiger partial charge on any atom is 1.00 e. The molecule has 0 bridgehead atoms. The quantitative estimate of drug-likeness (QED) is 0.459. The van der Waals surface area contributed by atoms with Gasteiger partial charge in [0.25, 0.3) is 0 Å². The molecule has 0 aromatic heterocycles. The Hall–Kier alpha value is -1.26. The van der Waals surface area contributed by atoms with E-state index in [0.29, 0.717) is 8.58 Å². The summed E-state index contributed by atoms with van der Waals surface area (Å²) in [5.41, 5.74) is 5.44. The number of ether oxygens (including phenoxy) is 2. The van der Waals surface area contributed by atoms with Crippen molar-refractivity contribution in [2.24, 2.45) is 0 Å². The van der Waals surface area contributed by atoms with Crippen LogP contribution in [-0.2, 0) is 0 Å². The minimum absolute atomic E-state index is 0. The summed E-state index contributed by atoms with van der Waals surface area (Å²) in [6, 6.07) is 7.92. The molecule has 30 heavy (non-hydrogen) atoms. The monoisotopic (exact) mass is 420 g/mol. The maximum absolute atomic E-state index is 13.2. The third-order valence-corrected chi connectivity index (χ3v) is 6.58. The van der Waals surface area contributed by atoms with Crippen LogP contribution in [0.2, 0.25) is 0 Å². The molecule has 0 aliphatic rings. The van der Waals surface area contributed by atoms with E-state index >= 15 is 0 Å². The summed E-state index contributed by atoms with van der Waals surface area (Å²) in [5.74, 6) is 1.51. The predicted octanol–water partition coefficient (Wildman–Crippen LogP) is 3.69. The second kappa shape index (κ2) is 11.9. The summed E-state index contributed by atoms with van der Waals surface area (Å²) in [5, 5.41) is 0.879. The Morgan fingerprint density at radius 2 is 1.50 bits per heavy atom. The first-order chi connectivity index (χ1) is 13.7. The summed E-state index contributed by atoms with van der Waals surface area (Å²) in [6.45, 7) is 16.5. The summed E-state index contributed by atoms with van der Waals surface area (Å²) in [6.07, 6.45) is 2.04. The molecule has 0 radical (unpaired) electrons. The van der Waals surface area contributed by atoms with Crippen LogP contribution in [0.5, 0.6) is 11.5 Å². The van der Waals surface area contributed by atoms with E-state index in [1.165, 1.54) is 11.1 Å². The van der Waals surface area contributed by atoms with E-state index in [2.05, 4.69) is 40.7 Å². The molecule has 0 amide bonds. The zero-order valence-electron chi connectivity index (χ0n) is 20.1. The van der Waals surface area contributed by atoms with Gasteiger partial charge in [-0.1, -0.05) is 26.0 Å². The minimum atomic E-state index is 0. The first-order valence-corrected chi connectivity index (χ1v) is 11.4. The molecule has 2 rings (SSSR count). The molecule has 2 atom stereocenters. The van der Waals surface area contributed by atoms with Crippen molar-refractivity contribution in [2.75, 3.05) is 0 Å². The van der Waals surface area contributed by atoms with Crippen molar-refractivity contribution >= 4 is 19.4 Å². The molecule has 0 saturated carbocycles. The molecular formula is C25H34LiO3P. The largest absolute Gasteiger partial charge is 1.00 e. The summed E-state index contributed by atoms with van der Waals surface area (Å²) < 4.78 is 12.1. The van der Waals surface area contributed by atoms with Crippen molar-refractivity contribution < 1.29 is 33.1 Å². The standard InChI is InChI=1S/C25H34O3P.Li/c1-9-17(5)27-21-11-12-23(22(14-21)28-18(6)10-2)29-25(26)24-16(4)13-15(3)19(7)20(24)8;/h11-14,17-18H,9-10H2,1-8H3;/q-1;+1. The fourth-order valence-electron chi connectivity index (χ4n) is 3.15. The van der Waals surface area contributed by atoms with E-state index in [1.54, 1.807) is 0 Å². The van der Waals surface area contributed by atoms with Crippen LogP contribution in [0.4, 0.5) is 0 Å². The molecule has 0 aliphatic heterocycles. The molecule has 0 aliphatic carbocycles. The van der Waals surface area contributed by atoms with Crippen LogP contribution < -0.4 is 33.6 Å². The average Bonchev–Trinajstić information content (AvgIpc) is 2.67. The second-order valence-electron chi connectivity index (χ2n) is 7.86. The molecule has 3 nitrogen and oxygen atoms in total. The number of hydrogen-bond acceptors (Lipinski definition) is 3. The zero-order chi connectivity index (χ0) is 21.7. The van der Waals surface area contributed by atoms with Crippen molar-refractivity contribution in [2.45, 2.75) is 80.4 Å². The van der Waals surface area contributed by atoms with Crippen LogP contribution in [0, 0.1) is 27.7 Å². The van der Waals surface area contributed by atoms with Crippen LogP contribution in [0.3, 0.4) is 0 Å². The number of rotatable bonds is 9. The van der Waals surface area contributed by atoms with Crippen molar-refractivity contribution in [1.29, 1.82) is 0 Å². The van der Waals surface area contributed by atoms with E-state index in [-0.39, 0.29) is 36.6 Å². The fourth-order valence-corrected chi connectivity index (χ4v) is 4.20. The van der Waals surface area contributed by atoms with Crippen LogP contribution in [-0.4, -0.2) is 17.7 Å². The first-order valence-electron chi connectivity index (χ1n) is 10.5. The number of carbonyl (C=O) groups is 1. The first kappa shape index (κ1) is 26.8. The number of carbonyl (C=O) groups excluding carboxylic acids is 1. The molecule has 0 N–H and O–H groups in total. The SMILES string of the molecule is CCC(C)Oc1ccc([P-]C(=O)c2c(C)cc(C)c(C)c2C)c(OC(C)CC)c1.[Li+]. The topological polar surface area (TPSA) is 35.5 Å². The van der Waals surface area contributed by atoms with Crippen molar-refractivity contribution in [3.05, 3.63) is 52.1 Å². The maximum atomic E-state index is 13.2. The molecule has 2 unspecified atom stereocenters. The average molecular weight is 420 g/mol. The van der Waals surface area contributed by atoms with Gasteiger partial charge in [-0.15, -0.1) is 0 Å². The van der Waals surface area contributed by atoms with Gasteiger partial charge in [-0.3, -0.25) is 0 Å². The van der Waals surface area contributed by atoms with E-state index in [9.17, 15) is 4.79 Å². The van der Waals surface area contributed by atoms with E-state index in [0.717, 1.165) is 46.3 Å². The van der Waals surface area contributed by atoms with Crippen molar-refractivity contribution in [1.82, 2.24) is 0 Å². The molecule has 158 valence electrons. The van der Waals surface area contributed by atoms with Gasteiger partial charge in [-0.05, 0) is 88.3 Å². The Morgan fingerprint density at radius 3 is 2.10 bits per heavy atom. The Labute approximate surface area is 196 Å². The van der Waals surface area contributed by atoms with Crippen LogP contribution >= 0.6 is 8.58 Å². The van der Waals surface area contributed by atoms with Gasteiger partial charge in [0.15, 0.2) is 0 Å². The van der Waals surface area contributed by atoms with Gasteiger partial charge in [0.1, 0.15) is 5.75 Å². The Morgan fingerprint density at radius 1 is 0.900 bits per heavy atom. The molecule has 2 aromatic rings. The summed E-state index contributed by atoms with van der Waals surface area (Å²) in [7, 11) is 0.624. The second-order valence-corrected chi connectivity index (χ2v) is 8.97. The molecule has 2 aromatic carbocycles.